The van der Waals surface area contributed by atoms with Crippen LogP contribution in [0.25, 0.3) is 11.3 Å². The van der Waals surface area contributed by atoms with Crippen LogP contribution in [0.2, 0.25) is 0 Å². The minimum Gasteiger partial charge on any atom is -0.508 e. The van der Waals surface area contributed by atoms with Crippen molar-refractivity contribution < 1.29 is 15.0 Å². The maximum atomic E-state index is 11.0. The van der Waals surface area contributed by atoms with Crippen molar-refractivity contribution >= 4 is 5.97 Å². The minimum atomic E-state index is -0.933. The van der Waals surface area contributed by atoms with Crippen molar-refractivity contribution in [3.63, 3.8) is 0 Å². The summed E-state index contributed by atoms with van der Waals surface area (Å²) in [6, 6.07) is 10.1. The Kier molecular flexibility index (Phi) is 2.87. The smallest absolute Gasteiger partial charge is 0.352 e. The summed E-state index contributed by atoms with van der Waals surface area (Å²) in [4.78, 5) is 11.0. The average molecular weight is 231 g/mol. The number of carboxylic acid groups (broad SMARTS) is 1. The normalized spacial score (nSPS) is 10.4. The molecule has 0 aliphatic carbocycles. The molecule has 2 rings (SSSR count). The van der Waals surface area contributed by atoms with Crippen molar-refractivity contribution in [1.82, 2.24) is 4.57 Å². The van der Waals surface area contributed by atoms with Crippen LogP contribution in [0, 0.1) is 0 Å². The molecule has 0 saturated carbocycles. The van der Waals surface area contributed by atoms with E-state index in [1.54, 1.807) is 41.0 Å². The number of benzene rings is 1. The van der Waals surface area contributed by atoms with Gasteiger partial charge in [-0.15, -0.1) is 0 Å². The van der Waals surface area contributed by atoms with Crippen molar-refractivity contribution in [2.45, 2.75) is 13.5 Å². The van der Waals surface area contributed by atoms with Gasteiger partial charge in [0.1, 0.15) is 11.4 Å². The Morgan fingerprint density at radius 2 is 1.82 bits per heavy atom. The molecule has 2 N–H and O–H groups in total. The first-order valence-corrected chi connectivity index (χ1v) is 5.35. The van der Waals surface area contributed by atoms with Gasteiger partial charge in [-0.1, -0.05) is 0 Å². The standard InChI is InChI=1S/C13H13NO3/c1-2-14-11(7-8-12(14)13(16)17)9-3-5-10(15)6-4-9/h3-8,15H,2H2,1H3,(H,16,17). The maximum Gasteiger partial charge on any atom is 0.352 e. The highest BCUT2D eigenvalue weighted by Crippen LogP contribution is 2.24. The molecule has 0 aliphatic heterocycles. The summed E-state index contributed by atoms with van der Waals surface area (Å²) in [6.45, 7) is 2.49. The SMILES string of the molecule is CCn1c(C(=O)O)ccc1-c1ccc(O)cc1. The van der Waals surface area contributed by atoms with Gasteiger partial charge < -0.3 is 14.8 Å². The summed E-state index contributed by atoms with van der Waals surface area (Å²) in [5.41, 5.74) is 2.00. The third-order valence-electron chi connectivity index (χ3n) is 2.68. The molecule has 1 heterocycles. The van der Waals surface area contributed by atoms with E-state index < -0.39 is 5.97 Å². The first-order chi connectivity index (χ1) is 8.13. The maximum absolute atomic E-state index is 11.0. The third kappa shape index (κ3) is 2.01. The van der Waals surface area contributed by atoms with E-state index in [1.807, 2.05) is 6.92 Å². The number of hydrogen-bond acceptors (Lipinski definition) is 2. The van der Waals surface area contributed by atoms with Gasteiger partial charge in [-0.2, -0.15) is 0 Å². The lowest BCUT2D eigenvalue weighted by Gasteiger charge is -2.09. The highest BCUT2D eigenvalue weighted by Gasteiger charge is 2.13. The summed E-state index contributed by atoms with van der Waals surface area (Å²) >= 11 is 0. The van der Waals surface area contributed by atoms with Crippen LogP contribution in [-0.4, -0.2) is 20.7 Å². The number of carboxylic acids is 1. The first kappa shape index (κ1) is 11.3. The zero-order valence-corrected chi connectivity index (χ0v) is 9.42. The summed E-state index contributed by atoms with van der Waals surface area (Å²) in [7, 11) is 0. The Morgan fingerprint density at radius 1 is 1.18 bits per heavy atom. The van der Waals surface area contributed by atoms with E-state index >= 15 is 0 Å². The summed E-state index contributed by atoms with van der Waals surface area (Å²) < 4.78 is 1.73. The topological polar surface area (TPSA) is 62.5 Å². The van der Waals surface area contributed by atoms with E-state index in [1.165, 1.54) is 0 Å². The second kappa shape index (κ2) is 4.33. The highest BCUT2D eigenvalue weighted by atomic mass is 16.4. The lowest BCUT2D eigenvalue weighted by atomic mass is 10.1. The Balaban J connectivity index is 2.52. The zero-order valence-electron chi connectivity index (χ0n) is 9.42. The molecule has 2 aromatic rings. The fourth-order valence-corrected chi connectivity index (χ4v) is 1.88. The second-order valence-corrected chi connectivity index (χ2v) is 3.70. The van der Waals surface area contributed by atoms with Crippen LogP contribution in [0.1, 0.15) is 17.4 Å². The van der Waals surface area contributed by atoms with E-state index in [0.29, 0.717) is 6.54 Å². The summed E-state index contributed by atoms with van der Waals surface area (Å²) in [5.74, 6) is -0.737. The average Bonchev–Trinajstić information content (AvgIpc) is 2.73. The van der Waals surface area contributed by atoms with Gasteiger partial charge >= 0.3 is 5.97 Å². The molecule has 1 aromatic heterocycles. The number of nitrogens with zero attached hydrogens (tertiary/aromatic N) is 1. The first-order valence-electron chi connectivity index (χ1n) is 5.35. The molecule has 17 heavy (non-hydrogen) atoms. The van der Waals surface area contributed by atoms with Crippen LogP contribution in [0.15, 0.2) is 36.4 Å². The van der Waals surface area contributed by atoms with E-state index in [-0.39, 0.29) is 11.4 Å². The van der Waals surface area contributed by atoms with Crippen LogP contribution in [-0.2, 0) is 6.54 Å². The van der Waals surface area contributed by atoms with Gasteiger partial charge in [0.15, 0.2) is 0 Å². The predicted octanol–water partition coefficient (Wildman–Crippen LogP) is 2.58. The van der Waals surface area contributed by atoms with Gasteiger partial charge in [0.2, 0.25) is 0 Å². The minimum absolute atomic E-state index is 0.196. The van der Waals surface area contributed by atoms with Gasteiger partial charge in [0.05, 0.1) is 0 Å². The van der Waals surface area contributed by atoms with E-state index in [2.05, 4.69) is 0 Å². The fourth-order valence-electron chi connectivity index (χ4n) is 1.88. The molecule has 0 spiro atoms. The second-order valence-electron chi connectivity index (χ2n) is 3.70. The van der Waals surface area contributed by atoms with Gasteiger partial charge in [-0.05, 0) is 48.9 Å². The van der Waals surface area contributed by atoms with Crippen molar-refractivity contribution in [2.75, 3.05) is 0 Å². The number of aromatic carboxylic acids is 1. The van der Waals surface area contributed by atoms with Crippen molar-refractivity contribution in [3.05, 3.63) is 42.1 Å². The summed E-state index contributed by atoms with van der Waals surface area (Å²) in [6.07, 6.45) is 0. The van der Waals surface area contributed by atoms with E-state index in [4.69, 9.17) is 5.11 Å². The molecule has 0 bridgehead atoms. The van der Waals surface area contributed by atoms with Crippen LogP contribution in [0.5, 0.6) is 5.75 Å². The Morgan fingerprint density at radius 3 is 2.35 bits per heavy atom. The molecule has 0 amide bonds. The molecule has 4 heteroatoms. The lowest BCUT2D eigenvalue weighted by Crippen LogP contribution is -2.08. The molecule has 0 radical (unpaired) electrons. The number of rotatable bonds is 3. The highest BCUT2D eigenvalue weighted by molar-refractivity contribution is 5.87. The number of phenolic OH excluding ortho intramolecular Hbond substituents is 1. The van der Waals surface area contributed by atoms with Gasteiger partial charge in [-0.3, -0.25) is 0 Å². The molecule has 0 fully saturated rings. The molecule has 4 nitrogen and oxygen atoms in total. The van der Waals surface area contributed by atoms with Crippen molar-refractivity contribution in [1.29, 1.82) is 0 Å². The van der Waals surface area contributed by atoms with Crippen LogP contribution in [0.3, 0.4) is 0 Å². The van der Waals surface area contributed by atoms with Crippen molar-refractivity contribution in [2.24, 2.45) is 0 Å². The number of hydrogen-bond donors (Lipinski definition) is 2. The molecule has 0 atom stereocenters. The van der Waals surface area contributed by atoms with Gasteiger partial charge in [-0.25, -0.2) is 4.79 Å². The Labute approximate surface area is 98.8 Å². The third-order valence-corrected chi connectivity index (χ3v) is 2.68. The fraction of sp³-hybridized carbons (Fsp3) is 0.154. The van der Waals surface area contributed by atoms with Gasteiger partial charge in [0, 0.05) is 12.2 Å². The Bertz CT molecular complexity index is 540. The van der Waals surface area contributed by atoms with Gasteiger partial charge in [0.25, 0.3) is 0 Å². The number of aromatic hydroxyl groups is 1. The zero-order chi connectivity index (χ0) is 12.4. The number of carbonyl (C=O) groups is 1. The monoisotopic (exact) mass is 231 g/mol. The van der Waals surface area contributed by atoms with E-state index in [0.717, 1.165) is 11.3 Å². The molecule has 88 valence electrons. The molecule has 0 saturated heterocycles. The molecular weight excluding hydrogens is 218 g/mol. The van der Waals surface area contributed by atoms with Crippen LogP contribution >= 0.6 is 0 Å². The molecular formula is C13H13NO3. The quantitative estimate of drug-likeness (QED) is 0.853. The van der Waals surface area contributed by atoms with E-state index in [9.17, 15) is 9.90 Å². The lowest BCUT2D eigenvalue weighted by molar-refractivity contribution is 0.0685. The number of aromatic nitrogens is 1. The largest absolute Gasteiger partial charge is 0.508 e. The molecule has 1 aromatic carbocycles. The molecule has 0 aliphatic rings. The van der Waals surface area contributed by atoms with Crippen LogP contribution < -0.4 is 0 Å². The Hall–Kier alpha value is -2.23. The van der Waals surface area contributed by atoms with Crippen molar-refractivity contribution in [3.8, 4) is 17.0 Å². The molecule has 0 unspecified atom stereocenters. The van der Waals surface area contributed by atoms with Crippen LogP contribution in [0.4, 0.5) is 0 Å². The number of phenols is 1. The predicted molar refractivity (Wildman–Crippen MR) is 64.2 cm³/mol. The summed E-state index contributed by atoms with van der Waals surface area (Å²) in [5, 5.41) is 18.3.